The third-order valence-corrected chi connectivity index (χ3v) is 3.55. The number of hydrogen-bond donors (Lipinski definition) is 0. The van der Waals surface area contributed by atoms with E-state index < -0.39 is 0 Å². The van der Waals surface area contributed by atoms with E-state index in [0.29, 0.717) is 18.0 Å². The molecule has 22 heavy (non-hydrogen) atoms. The Labute approximate surface area is 130 Å². The molecule has 0 saturated carbocycles. The first kappa shape index (κ1) is 14.3. The van der Waals surface area contributed by atoms with Gasteiger partial charge in [-0.1, -0.05) is 61.5 Å². The van der Waals surface area contributed by atoms with E-state index in [-0.39, 0.29) is 5.97 Å². The van der Waals surface area contributed by atoms with Crippen molar-refractivity contribution < 1.29 is 9.53 Å². The maximum Gasteiger partial charge on any atom is 0.363 e. The van der Waals surface area contributed by atoms with Crippen LogP contribution in [0.25, 0.3) is 6.08 Å². The highest BCUT2D eigenvalue weighted by Gasteiger charge is 2.22. The summed E-state index contributed by atoms with van der Waals surface area (Å²) >= 11 is 0. The maximum absolute atomic E-state index is 11.9. The molecule has 0 unspecified atom stereocenters. The number of aryl methyl sites for hydroxylation is 1. The van der Waals surface area contributed by atoms with Crippen molar-refractivity contribution in [2.75, 3.05) is 0 Å². The van der Waals surface area contributed by atoms with E-state index in [2.05, 4.69) is 24.0 Å². The SMILES string of the molecule is CCc1ccc(/C=C2/N=C(Cc3ccccc3)OC2=O)cc1. The number of ether oxygens (including phenoxy) is 1. The highest BCUT2D eigenvalue weighted by Crippen LogP contribution is 2.18. The summed E-state index contributed by atoms with van der Waals surface area (Å²) in [7, 11) is 0. The fourth-order valence-electron chi connectivity index (χ4n) is 2.31. The van der Waals surface area contributed by atoms with Crippen molar-refractivity contribution >= 4 is 17.9 Å². The summed E-state index contributed by atoms with van der Waals surface area (Å²) in [5.74, 6) is 0.0677. The van der Waals surface area contributed by atoms with E-state index in [1.807, 2.05) is 42.5 Å². The lowest BCUT2D eigenvalue weighted by molar-refractivity contribution is -0.130. The minimum Gasteiger partial charge on any atom is -0.406 e. The molecule has 0 aliphatic carbocycles. The lowest BCUT2D eigenvalue weighted by Crippen LogP contribution is -2.06. The first-order valence-corrected chi connectivity index (χ1v) is 7.39. The van der Waals surface area contributed by atoms with Gasteiger partial charge >= 0.3 is 5.97 Å². The van der Waals surface area contributed by atoms with Crippen LogP contribution in [-0.2, 0) is 22.4 Å². The van der Waals surface area contributed by atoms with Crippen LogP contribution in [-0.4, -0.2) is 11.9 Å². The van der Waals surface area contributed by atoms with Crippen molar-refractivity contribution in [3.63, 3.8) is 0 Å². The second-order valence-corrected chi connectivity index (χ2v) is 5.18. The van der Waals surface area contributed by atoms with Gasteiger partial charge in [0, 0.05) is 6.42 Å². The number of benzene rings is 2. The predicted octanol–water partition coefficient (Wildman–Crippen LogP) is 3.79. The van der Waals surface area contributed by atoms with Crippen molar-refractivity contribution in [1.29, 1.82) is 0 Å². The number of esters is 1. The first-order valence-electron chi connectivity index (χ1n) is 7.39. The molecule has 0 atom stereocenters. The molecule has 0 fully saturated rings. The summed E-state index contributed by atoms with van der Waals surface area (Å²) in [5, 5.41) is 0. The van der Waals surface area contributed by atoms with Gasteiger partial charge in [-0.2, -0.15) is 0 Å². The number of rotatable bonds is 4. The lowest BCUT2D eigenvalue weighted by atomic mass is 10.1. The Morgan fingerprint density at radius 2 is 1.73 bits per heavy atom. The van der Waals surface area contributed by atoms with Crippen molar-refractivity contribution in [2.24, 2.45) is 4.99 Å². The Morgan fingerprint density at radius 3 is 2.41 bits per heavy atom. The van der Waals surface area contributed by atoms with E-state index in [1.54, 1.807) is 6.08 Å². The third-order valence-electron chi connectivity index (χ3n) is 3.55. The van der Waals surface area contributed by atoms with Crippen LogP contribution in [0, 0.1) is 0 Å². The molecule has 110 valence electrons. The smallest absolute Gasteiger partial charge is 0.363 e. The molecule has 1 aliphatic heterocycles. The van der Waals surface area contributed by atoms with Crippen LogP contribution < -0.4 is 0 Å². The molecule has 0 aromatic heterocycles. The lowest BCUT2D eigenvalue weighted by Gasteiger charge is -1.98. The highest BCUT2D eigenvalue weighted by molar-refractivity contribution is 6.07. The van der Waals surface area contributed by atoms with Gasteiger partial charge < -0.3 is 4.74 Å². The van der Waals surface area contributed by atoms with Crippen LogP contribution in [0.15, 0.2) is 65.3 Å². The molecule has 3 rings (SSSR count). The van der Waals surface area contributed by atoms with Gasteiger partial charge in [0.25, 0.3) is 0 Å². The molecule has 2 aromatic carbocycles. The van der Waals surface area contributed by atoms with Gasteiger partial charge in [-0.3, -0.25) is 0 Å². The summed E-state index contributed by atoms with van der Waals surface area (Å²) in [6.45, 7) is 2.11. The number of nitrogens with zero attached hydrogens (tertiary/aromatic N) is 1. The zero-order valence-electron chi connectivity index (χ0n) is 12.5. The molecule has 3 nitrogen and oxygen atoms in total. The maximum atomic E-state index is 11.9. The van der Waals surface area contributed by atoms with Gasteiger partial charge in [0.1, 0.15) is 0 Å². The quantitative estimate of drug-likeness (QED) is 0.635. The van der Waals surface area contributed by atoms with Crippen LogP contribution in [0.5, 0.6) is 0 Å². The molecule has 2 aromatic rings. The molecule has 0 saturated heterocycles. The van der Waals surface area contributed by atoms with E-state index in [1.165, 1.54) is 5.56 Å². The molecule has 0 amide bonds. The van der Waals surface area contributed by atoms with E-state index in [0.717, 1.165) is 17.5 Å². The second kappa shape index (κ2) is 6.39. The van der Waals surface area contributed by atoms with Crippen LogP contribution in [0.2, 0.25) is 0 Å². The largest absolute Gasteiger partial charge is 0.406 e. The van der Waals surface area contributed by atoms with Crippen molar-refractivity contribution in [3.8, 4) is 0 Å². The van der Waals surface area contributed by atoms with Gasteiger partial charge in [-0.25, -0.2) is 9.79 Å². The van der Waals surface area contributed by atoms with Gasteiger partial charge in [0.15, 0.2) is 5.70 Å². The number of hydrogen-bond acceptors (Lipinski definition) is 3. The van der Waals surface area contributed by atoms with Gasteiger partial charge in [-0.15, -0.1) is 0 Å². The number of carbonyl (C=O) groups excluding carboxylic acids is 1. The Kier molecular flexibility index (Phi) is 4.15. The zero-order valence-corrected chi connectivity index (χ0v) is 12.5. The molecule has 3 heteroatoms. The van der Waals surface area contributed by atoms with Crippen molar-refractivity contribution in [2.45, 2.75) is 19.8 Å². The number of carbonyl (C=O) groups is 1. The van der Waals surface area contributed by atoms with Crippen LogP contribution >= 0.6 is 0 Å². The average Bonchev–Trinajstić information content (AvgIpc) is 2.88. The Hall–Kier alpha value is -2.68. The molecular weight excluding hydrogens is 274 g/mol. The normalized spacial score (nSPS) is 15.8. The summed E-state index contributed by atoms with van der Waals surface area (Å²) in [5.41, 5.74) is 3.65. The fraction of sp³-hybridized carbons (Fsp3) is 0.158. The minimum atomic E-state index is -0.384. The molecule has 0 radical (unpaired) electrons. The Bertz CT molecular complexity index is 728. The van der Waals surface area contributed by atoms with Gasteiger partial charge in [0.2, 0.25) is 5.90 Å². The molecule has 0 N–H and O–H groups in total. The van der Waals surface area contributed by atoms with Crippen molar-refractivity contribution in [3.05, 3.63) is 77.0 Å². The van der Waals surface area contributed by atoms with Crippen LogP contribution in [0.3, 0.4) is 0 Å². The summed E-state index contributed by atoms with van der Waals surface area (Å²) in [6, 6.07) is 17.9. The number of aliphatic imine (C=N–C) groups is 1. The summed E-state index contributed by atoms with van der Waals surface area (Å²) in [6.07, 6.45) is 3.29. The van der Waals surface area contributed by atoms with Crippen LogP contribution in [0.4, 0.5) is 0 Å². The molecular formula is C19H17NO2. The minimum absolute atomic E-state index is 0.357. The second-order valence-electron chi connectivity index (χ2n) is 5.18. The summed E-state index contributed by atoms with van der Waals surface area (Å²) in [4.78, 5) is 16.2. The average molecular weight is 291 g/mol. The van der Waals surface area contributed by atoms with Crippen LogP contribution in [0.1, 0.15) is 23.6 Å². The third kappa shape index (κ3) is 3.31. The van der Waals surface area contributed by atoms with E-state index in [9.17, 15) is 4.79 Å². The molecule has 0 spiro atoms. The monoisotopic (exact) mass is 291 g/mol. The number of cyclic esters (lactones) is 1. The topological polar surface area (TPSA) is 38.7 Å². The van der Waals surface area contributed by atoms with E-state index in [4.69, 9.17) is 4.74 Å². The van der Waals surface area contributed by atoms with Gasteiger partial charge in [0.05, 0.1) is 0 Å². The molecule has 1 aliphatic rings. The zero-order chi connectivity index (χ0) is 15.4. The summed E-state index contributed by atoms with van der Waals surface area (Å²) < 4.78 is 5.24. The van der Waals surface area contributed by atoms with Crippen molar-refractivity contribution in [1.82, 2.24) is 0 Å². The fourth-order valence-corrected chi connectivity index (χ4v) is 2.31. The molecule has 0 bridgehead atoms. The highest BCUT2D eigenvalue weighted by atomic mass is 16.6. The predicted molar refractivity (Wildman–Crippen MR) is 87.5 cm³/mol. The molecule has 1 heterocycles. The standard InChI is InChI=1S/C19H17NO2/c1-2-14-8-10-16(11-9-14)12-17-19(21)22-18(20-17)13-15-6-4-3-5-7-15/h3-12H,2,13H2,1H3/b17-12+. The Morgan fingerprint density at radius 1 is 1.00 bits per heavy atom. The van der Waals surface area contributed by atoms with E-state index >= 15 is 0 Å². The Balaban J connectivity index is 1.78. The first-order chi connectivity index (χ1) is 10.7. The van der Waals surface area contributed by atoms with Gasteiger partial charge in [-0.05, 0) is 29.2 Å².